The number of nitrogens with one attached hydrogen (secondary N) is 1. The van der Waals surface area contributed by atoms with Gasteiger partial charge in [0.25, 0.3) is 0 Å². The molecule has 4 bridgehead atoms. The van der Waals surface area contributed by atoms with Gasteiger partial charge in [-0.3, -0.25) is 4.79 Å². The molecule has 1 N–H and O–H groups in total. The molecule has 2 heteroatoms. The zero-order valence-corrected chi connectivity index (χ0v) is 35.7. The minimum Gasteiger partial charge on any atom is -0.320 e. The van der Waals surface area contributed by atoms with Crippen LogP contribution < -0.4 is 5.32 Å². The first kappa shape index (κ1) is 45.5. The van der Waals surface area contributed by atoms with Crippen LogP contribution >= 0.6 is 0 Å². The van der Waals surface area contributed by atoms with Crippen molar-refractivity contribution >= 4 is 5.78 Å². The molecule has 2 nitrogen and oxygen atoms in total. The number of allylic oxidation sites excluding steroid dienone is 2. The molecule has 0 aromatic heterocycles. The lowest BCUT2D eigenvalue weighted by Gasteiger charge is -2.38. The smallest absolute Gasteiger partial charge is 0.132 e. The van der Waals surface area contributed by atoms with E-state index >= 15 is 0 Å². The van der Waals surface area contributed by atoms with E-state index < -0.39 is 0 Å². The second-order valence-electron chi connectivity index (χ2n) is 19.1. The Hall–Kier alpha value is -0.890. The van der Waals surface area contributed by atoms with Crippen molar-refractivity contribution in [2.45, 2.75) is 239 Å². The SMILES string of the molecule is C=C(CCCCCCCC(CCCCCCCC(=O)CCC12CC3CC(C1)C(C3)C2)CC(=C)CCCNC)CCCC(CCCCC)CCCCC. The number of carbonyl (C=O) groups is 1. The van der Waals surface area contributed by atoms with Gasteiger partial charge >= 0.3 is 0 Å². The van der Waals surface area contributed by atoms with Gasteiger partial charge in [0.05, 0.1) is 0 Å². The summed E-state index contributed by atoms with van der Waals surface area (Å²) in [5.41, 5.74) is 3.57. The lowest BCUT2D eigenvalue weighted by Crippen LogP contribution is -2.27. The van der Waals surface area contributed by atoms with Gasteiger partial charge in [0.15, 0.2) is 0 Å². The molecule has 4 aliphatic carbocycles. The summed E-state index contributed by atoms with van der Waals surface area (Å²) in [5, 5.41) is 3.30. The number of carbonyl (C=O) groups excluding carboxylic acids is 1. The molecule has 52 heavy (non-hydrogen) atoms. The molecule has 3 atom stereocenters. The van der Waals surface area contributed by atoms with Crippen LogP contribution in [0.2, 0.25) is 0 Å². The first-order valence-corrected chi connectivity index (χ1v) is 23.9. The fraction of sp³-hybridized carbons (Fsp3) is 0.900. The van der Waals surface area contributed by atoms with Crippen LogP contribution in [0.1, 0.15) is 239 Å². The highest BCUT2D eigenvalue weighted by atomic mass is 16.1. The normalized spacial score (nSPS) is 22.5. The molecule has 4 aliphatic rings. The van der Waals surface area contributed by atoms with Gasteiger partial charge < -0.3 is 5.32 Å². The van der Waals surface area contributed by atoms with Gasteiger partial charge in [-0.2, -0.15) is 0 Å². The minimum atomic E-state index is 0.563. The highest BCUT2D eigenvalue weighted by Crippen LogP contribution is 2.65. The summed E-state index contributed by atoms with van der Waals surface area (Å²) in [6.45, 7) is 14.7. The Morgan fingerprint density at radius 2 is 1.08 bits per heavy atom. The lowest BCUT2D eigenvalue weighted by molar-refractivity contribution is -0.120. The number of ketones is 1. The van der Waals surface area contributed by atoms with Gasteiger partial charge in [0, 0.05) is 12.8 Å². The van der Waals surface area contributed by atoms with E-state index in [1.807, 2.05) is 0 Å². The zero-order valence-electron chi connectivity index (χ0n) is 35.7. The minimum absolute atomic E-state index is 0.563. The largest absolute Gasteiger partial charge is 0.320 e. The number of rotatable bonds is 37. The van der Waals surface area contributed by atoms with Crippen LogP contribution in [0.5, 0.6) is 0 Å². The molecule has 0 amide bonds. The molecule has 0 aromatic rings. The molecule has 4 rings (SSSR count). The Labute approximate surface area is 326 Å². The Morgan fingerprint density at radius 3 is 1.67 bits per heavy atom. The number of Topliss-reactive ketones (excluding diaryl/α,β-unsaturated/α-hetero) is 1. The van der Waals surface area contributed by atoms with E-state index in [0.717, 1.165) is 55.4 Å². The van der Waals surface area contributed by atoms with Crippen molar-refractivity contribution in [3.8, 4) is 0 Å². The number of unbranched alkanes of at least 4 members (excludes halogenated alkanes) is 12. The van der Waals surface area contributed by atoms with Crippen molar-refractivity contribution in [3.05, 3.63) is 24.3 Å². The highest BCUT2D eigenvalue weighted by molar-refractivity contribution is 5.78. The van der Waals surface area contributed by atoms with Crippen molar-refractivity contribution in [2.24, 2.45) is 35.0 Å². The third-order valence-corrected chi connectivity index (χ3v) is 14.3. The molecular formula is C50H91NO. The lowest BCUT2D eigenvalue weighted by atomic mass is 9.67. The summed E-state index contributed by atoms with van der Waals surface area (Å²) in [5.74, 6) is 5.42. The molecule has 3 unspecified atom stereocenters. The Kier molecular flexibility index (Phi) is 24.2. The van der Waals surface area contributed by atoms with E-state index in [-0.39, 0.29) is 0 Å². The van der Waals surface area contributed by atoms with E-state index in [4.69, 9.17) is 0 Å². The maximum Gasteiger partial charge on any atom is 0.132 e. The van der Waals surface area contributed by atoms with Crippen LogP contribution in [-0.2, 0) is 4.79 Å². The first-order chi connectivity index (χ1) is 25.4. The number of hydrogen-bond donors (Lipinski definition) is 1. The van der Waals surface area contributed by atoms with Crippen LogP contribution in [-0.4, -0.2) is 19.4 Å². The predicted octanol–water partition coefficient (Wildman–Crippen LogP) is 15.7. The van der Waals surface area contributed by atoms with Crippen molar-refractivity contribution in [1.29, 1.82) is 0 Å². The monoisotopic (exact) mass is 722 g/mol. The van der Waals surface area contributed by atoms with Crippen LogP contribution in [0.3, 0.4) is 0 Å². The maximum atomic E-state index is 12.7. The molecule has 302 valence electrons. The summed E-state index contributed by atoms with van der Waals surface area (Å²) in [4.78, 5) is 12.7. The van der Waals surface area contributed by atoms with E-state index in [1.165, 1.54) is 217 Å². The van der Waals surface area contributed by atoms with E-state index in [2.05, 4.69) is 39.4 Å². The highest BCUT2D eigenvalue weighted by Gasteiger charge is 2.55. The van der Waals surface area contributed by atoms with Gasteiger partial charge in [0.2, 0.25) is 0 Å². The molecule has 0 spiro atoms. The summed E-state index contributed by atoms with van der Waals surface area (Å²) < 4.78 is 0. The van der Waals surface area contributed by atoms with Crippen LogP contribution in [0.15, 0.2) is 24.3 Å². The van der Waals surface area contributed by atoms with Crippen molar-refractivity contribution in [2.75, 3.05) is 13.6 Å². The van der Waals surface area contributed by atoms with E-state index in [1.54, 1.807) is 0 Å². The Bertz CT molecular complexity index is 920. The molecule has 0 heterocycles. The standard InChI is InChI=1S/C50H91NO/c1-6-8-16-27-44(28-17-9-7-2)31-22-25-42(3)24-18-12-10-13-19-29-45(36-43(4)26-23-35-51-5)30-20-14-11-15-21-32-49(52)33-34-50-39-46-37-47(40-50)48(38-46)41-50/h44-48,51H,3-4,6-41H2,1-2,5H3. The summed E-state index contributed by atoms with van der Waals surface area (Å²) in [6.07, 6.45) is 46.6. The topological polar surface area (TPSA) is 29.1 Å². The van der Waals surface area contributed by atoms with Gasteiger partial charge in [0.1, 0.15) is 5.78 Å². The summed E-state index contributed by atoms with van der Waals surface area (Å²) in [6, 6.07) is 0. The predicted molar refractivity (Wildman–Crippen MR) is 230 cm³/mol. The van der Waals surface area contributed by atoms with Crippen LogP contribution in [0.25, 0.3) is 0 Å². The second kappa shape index (κ2) is 27.7. The van der Waals surface area contributed by atoms with E-state index in [0.29, 0.717) is 11.2 Å². The quantitative estimate of drug-likeness (QED) is 0.0511. The summed E-state index contributed by atoms with van der Waals surface area (Å²) in [7, 11) is 2.06. The third-order valence-electron chi connectivity index (χ3n) is 14.3. The van der Waals surface area contributed by atoms with Crippen LogP contribution in [0.4, 0.5) is 0 Å². The summed E-state index contributed by atoms with van der Waals surface area (Å²) >= 11 is 0. The maximum absolute atomic E-state index is 12.7. The van der Waals surface area contributed by atoms with E-state index in [9.17, 15) is 4.79 Å². The zero-order chi connectivity index (χ0) is 37.3. The van der Waals surface area contributed by atoms with Gasteiger partial charge in [-0.25, -0.2) is 0 Å². The van der Waals surface area contributed by atoms with Gasteiger partial charge in [-0.05, 0) is 138 Å². The van der Waals surface area contributed by atoms with Gasteiger partial charge in [-0.1, -0.05) is 160 Å². The van der Waals surface area contributed by atoms with Crippen molar-refractivity contribution in [3.63, 3.8) is 0 Å². The fourth-order valence-corrected chi connectivity index (χ4v) is 11.4. The molecule has 0 saturated heterocycles. The first-order valence-electron chi connectivity index (χ1n) is 23.9. The Balaban J connectivity index is 1.20. The molecule has 0 aromatic carbocycles. The van der Waals surface area contributed by atoms with Crippen LogP contribution in [0, 0.1) is 35.0 Å². The Morgan fingerprint density at radius 1 is 0.577 bits per heavy atom. The molecule has 0 aliphatic heterocycles. The second-order valence-corrected chi connectivity index (χ2v) is 19.1. The molecule has 4 saturated carbocycles. The molecule has 4 fully saturated rings. The average Bonchev–Trinajstić information content (AvgIpc) is 3.55. The molecular weight excluding hydrogens is 631 g/mol. The average molecular weight is 722 g/mol. The number of hydrogen-bond acceptors (Lipinski definition) is 2. The van der Waals surface area contributed by atoms with Crippen molar-refractivity contribution < 1.29 is 4.79 Å². The van der Waals surface area contributed by atoms with Crippen molar-refractivity contribution in [1.82, 2.24) is 5.32 Å². The fourth-order valence-electron chi connectivity index (χ4n) is 11.4. The van der Waals surface area contributed by atoms with Gasteiger partial charge in [-0.15, -0.1) is 0 Å². The third kappa shape index (κ3) is 19.1. The molecule has 0 radical (unpaired) electrons.